The van der Waals surface area contributed by atoms with Crippen LogP contribution in [0.25, 0.3) is 0 Å². The van der Waals surface area contributed by atoms with Crippen molar-refractivity contribution in [1.29, 1.82) is 0 Å². The third kappa shape index (κ3) is 8.70. The number of ether oxygens (including phenoxy) is 1. The van der Waals surface area contributed by atoms with Crippen molar-refractivity contribution in [1.82, 2.24) is 4.90 Å². The molecule has 0 aromatic heterocycles. The lowest BCUT2D eigenvalue weighted by atomic mass is 9.99. The summed E-state index contributed by atoms with van der Waals surface area (Å²) in [6.07, 6.45) is 7.04. The van der Waals surface area contributed by atoms with Gasteiger partial charge in [-0.1, -0.05) is 43.2 Å². The van der Waals surface area contributed by atoms with Crippen molar-refractivity contribution in [2.24, 2.45) is 11.7 Å². The monoisotopic (exact) mass is 368 g/mol. The minimum atomic E-state index is 0. The number of carbonyl (C=O) groups excluding carboxylic acids is 1. The number of nitrogens with zero attached hydrogens (tertiary/aromatic N) is 1. The fourth-order valence-corrected chi connectivity index (χ4v) is 3.23. The van der Waals surface area contributed by atoms with Crippen molar-refractivity contribution in [3.8, 4) is 0 Å². The maximum absolute atomic E-state index is 12.7. The number of unbranched alkanes of at least 4 members (excludes halogenated alkanes) is 3. The third-order valence-electron chi connectivity index (χ3n) is 4.73. The highest BCUT2D eigenvalue weighted by atomic mass is 35.5. The highest BCUT2D eigenvalue weighted by Gasteiger charge is 2.21. The minimum absolute atomic E-state index is 0. The number of benzene rings is 1. The van der Waals surface area contributed by atoms with Gasteiger partial charge in [0.2, 0.25) is 5.91 Å². The van der Waals surface area contributed by atoms with Crippen LogP contribution < -0.4 is 5.73 Å². The summed E-state index contributed by atoms with van der Waals surface area (Å²) in [6.45, 7) is 3.99. The molecule has 1 aliphatic rings. The fraction of sp³-hybridized carbons (Fsp3) is 0.650. The van der Waals surface area contributed by atoms with E-state index < -0.39 is 0 Å². The lowest BCUT2D eigenvalue weighted by Gasteiger charge is -2.30. The molecule has 0 radical (unpaired) electrons. The van der Waals surface area contributed by atoms with Crippen molar-refractivity contribution in [3.63, 3.8) is 0 Å². The van der Waals surface area contributed by atoms with Crippen molar-refractivity contribution in [2.75, 3.05) is 26.3 Å². The molecule has 2 N–H and O–H groups in total. The molecule has 1 fully saturated rings. The van der Waals surface area contributed by atoms with E-state index in [1.807, 2.05) is 18.2 Å². The van der Waals surface area contributed by atoms with E-state index in [4.69, 9.17) is 10.5 Å². The van der Waals surface area contributed by atoms with Crippen molar-refractivity contribution >= 4 is 18.3 Å². The molecule has 0 bridgehead atoms. The van der Waals surface area contributed by atoms with E-state index in [2.05, 4.69) is 17.0 Å². The summed E-state index contributed by atoms with van der Waals surface area (Å²) in [6, 6.07) is 10.3. The summed E-state index contributed by atoms with van der Waals surface area (Å²) in [7, 11) is 0. The van der Waals surface area contributed by atoms with Gasteiger partial charge >= 0.3 is 0 Å². The van der Waals surface area contributed by atoms with Crippen molar-refractivity contribution in [3.05, 3.63) is 35.9 Å². The number of amides is 1. The molecule has 25 heavy (non-hydrogen) atoms. The Kier molecular flexibility index (Phi) is 11.5. The van der Waals surface area contributed by atoms with Crippen LogP contribution in [0, 0.1) is 5.92 Å². The Morgan fingerprint density at radius 1 is 1.08 bits per heavy atom. The molecule has 1 heterocycles. The first-order chi connectivity index (χ1) is 11.8. The average Bonchev–Trinajstić information content (AvgIpc) is 2.62. The van der Waals surface area contributed by atoms with Gasteiger partial charge in [-0.05, 0) is 43.7 Å². The number of hydrogen-bond donors (Lipinski definition) is 1. The molecule has 0 atom stereocenters. The topological polar surface area (TPSA) is 55.6 Å². The minimum Gasteiger partial charge on any atom is -0.381 e. The smallest absolute Gasteiger partial charge is 0.222 e. The molecule has 1 amide bonds. The first-order valence-electron chi connectivity index (χ1n) is 9.39. The zero-order chi connectivity index (χ0) is 17.0. The molecule has 1 aromatic rings. The number of hydrogen-bond acceptors (Lipinski definition) is 3. The maximum atomic E-state index is 12.7. The zero-order valence-electron chi connectivity index (χ0n) is 15.2. The molecule has 0 saturated carbocycles. The Hall–Kier alpha value is -1.10. The Morgan fingerprint density at radius 2 is 1.76 bits per heavy atom. The van der Waals surface area contributed by atoms with Gasteiger partial charge in [-0.25, -0.2) is 0 Å². The normalized spacial score (nSPS) is 14.8. The van der Waals surface area contributed by atoms with Crippen LogP contribution in [0.5, 0.6) is 0 Å². The lowest BCUT2D eigenvalue weighted by molar-refractivity contribution is -0.133. The summed E-state index contributed by atoms with van der Waals surface area (Å²) in [4.78, 5) is 14.8. The van der Waals surface area contributed by atoms with E-state index in [0.717, 1.165) is 71.4 Å². The highest BCUT2D eigenvalue weighted by molar-refractivity contribution is 5.85. The molecule has 142 valence electrons. The summed E-state index contributed by atoms with van der Waals surface area (Å²) in [5, 5.41) is 0. The van der Waals surface area contributed by atoms with E-state index in [1.165, 1.54) is 5.56 Å². The second-order valence-electron chi connectivity index (χ2n) is 6.77. The molecule has 0 spiro atoms. The molecule has 0 unspecified atom stereocenters. The first-order valence-corrected chi connectivity index (χ1v) is 9.39. The van der Waals surface area contributed by atoms with Crippen molar-refractivity contribution in [2.45, 2.75) is 51.5 Å². The van der Waals surface area contributed by atoms with Gasteiger partial charge in [0, 0.05) is 32.7 Å². The van der Waals surface area contributed by atoms with E-state index in [1.54, 1.807) is 0 Å². The fourth-order valence-electron chi connectivity index (χ4n) is 3.23. The third-order valence-corrected chi connectivity index (χ3v) is 4.73. The molecule has 5 heteroatoms. The number of halogens is 1. The van der Waals surface area contributed by atoms with Crippen LogP contribution in [0.2, 0.25) is 0 Å². The second kappa shape index (κ2) is 13.2. The largest absolute Gasteiger partial charge is 0.381 e. The summed E-state index contributed by atoms with van der Waals surface area (Å²) in [5.41, 5.74) is 6.73. The van der Waals surface area contributed by atoms with Crippen LogP contribution in [-0.2, 0) is 16.1 Å². The second-order valence-corrected chi connectivity index (χ2v) is 6.77. The Morgan fingerprint density at radius 3 is 2.44 bits per heavy atom. The van der Waals surface area contributed by atoms with Gasteiger partial charge in [0.05, 0.1) is 0 Å². The van der Waals surface area contributed by atoms with Crippen LogP contribution in [0.15, 0.2) is 30.3 Å². The molecule has 1 aliphatic heterocycles. The highest BCUT2D eigenvalue weighted by Crippen LogP contribution is 2.19. The van der Waals surface area contributed by atoms with Gasteiger partial charge in [-0.2, -0.15) is 0 Å². The molecular formula is C20H33ClN2O2. The molecular weight excluding hydrogens is 336 g/mol. The van der Waals surface area contributed by atoms with Gasteiger partial charge in [0.15, 0.2) is 0 Å². The van der Waals surface area contributed by atoms with Gasteiger partial charge in [0.25, 0.3) is 0 Å². The van der Waals surface area contributed by atoms with Gasteiger partial charge < -0.3 is 15.4 Å². The maximum Gasteiger partial charge on any atom is 0.222 e. The SMILES string of the molecule is Cl.NCCCCCCC(=O)N(Cc1ccccc1)CC1CCOCC1. The number of rotatable bonds is 10. The van der Waals surface area contributed by atoms with Gasteiger partial charge in [-0.3, -0.25) is 4.79 Å². The Bertz CT molecular complexity index is 464. The van der Waals surface area contributed by atoms with E-state index in [9.17, 15) is 4.79 Å². The number of nitrogens with two attached hydrogens (primary N) is 1. The zero-order valence-corrected chi connectivity index (χ0v) is 16.0. The number of carbonyl (C=O) groups is 1. The Balaban J connectivity index is 0.00000312. The summed E-state index contributed by atoms with van der Waals surface area (Å²) < 4.78 is 5.45. The molecule has 4 nitrogen and oxygen atoms in total. The molecule has 0 aliphatic carbocycles. The van der Waals surface area contributed by atoms with Gasteiger partial charge in [-0.15, -0.1) is 12.4 Å². The van der Waals surface area contributed by atoms with E-state index >= 15 is 0 Å². The van der Waals surface area contributed by atoms with Crippen LogP contribution in [0.1, 0.15) is 50.5 Å². The lowest BCUT2D eigenvalue weighted by Crippen LogP contribution is -2.36. The average molecular weight is 369 g/mol. The van der Waals surface area contributed by atoms with E-state index in [0.29, 0.717) is 12.3 Å². The molecule has 1 aromatic carbocycles. The van der Waals surface area contributed by atoms with E-state index in [-0.39, 0.29) is 18.3 Å². The van der Waals surface area contributed by atoms with Crippen LogP contribution in [0.3, 0.4) is 0 Å². The predicted octanol–water partition coefficient (Wildman–Crippen LogP) is 3.77. The van der Waals surface area contributed by atoms with Crippen LogP contribution >= 0.6 is 12.4 Å². The first kappa shape index (κ1) is 21.9. The predicted molar refractivity (Wildman–Crippen MR) is 105 cm³/mol. The summed E-state index contributed by atoms with van der Waals surface area (Å²) in [5.74, 6) is 0.863. The Labute approximate surface area is 158 Å². The molecule has 1 saturated heterocycles. The van der Waals surface area contributed by atoms with Crippen molar-refractivity contribution < 1.29 is 9.53 Å². The standard InChI is InChI=1S/C20H32N2O2.ClH/c21-13-7-2-1-6-10-20(23)22(16-18-8-4-3-5-9-18)17-19-11-14-24-15-12-19;/h3-5,8-9,19H,1-2,6-7,10-17,21H2;1H. The molecule has 2 rings (SSSR count). The van der Waals surface area contributed by atoms with Gasteiger partial charge in [0.1, 0.15) is 0 Å². The summed E-state index contributed by atoms with van der Waals surface area (Å²) >= 11 is 0. The van der Waals surface area contributed by atoms with Crippen LogP contribution in [0.4, 0.5) is 0 Å². The quantitative estimate of drug-likeness (QED) is 0.639. The van der Waals surface area contributed by atoms with Crippen LogP contribution in [-0.4, -0.2) is 37.1 Å².